The molecule has 1 aromatic heterocycles. The number of carboxylic acid groups (broad SMARTS) is 1. The number of carbonyl (C=O) groups excluding carboxylic acids is 1. The second kappa shape index (κ2) is 8.03. The lowest BCUT2D eigenvalue weighted by atomic mass is 10.1. The third-order valence-electron chi connectivity index (χ3n) is 3.22. The summed E-state index contributed by atoms with van der Waals surface area (Å²) >= 11 is 0. The number of ether oxygens (including phenoxy) is 1. The monoisotopic (exact) mass is 317 g/mol. The first kappa shape index (κ1) is 16.6. The molecule has 0 radical (unpaired) electrons. The first-order chi connectivity index (χ1) is 11.1. The molecule has 0 saturated carbocycles. The highest BCUT2D eigenvalue weighted by Crippen LogP contribution is 2.16. The molecule has 0 saturated heterocycles. The van der Waals surface area contributed by atoms with E-state index in [2.05, 4.69) is 5.32 Å². The molecule has 2 rings (SSSR count). The average Bonchev–Trinajstić information content (AvgIpc) is 2.99. The van der Waals surface area contributed by atoms with Gasteiger partial charge in [0.1, 0.15) is 12.4 Å². The predicted molar refractivity (Wildman–Crippen MR) is 83.2 cm³/mol. The van der Waals surface area contributed by atoms with Crippen molar-refractivity contribution >= 4 is 11.9 Å². The van der Waals surface area contributed by atoms with Gasteiger partial charge in [-0.3, -0.25) is 9.59 Å². The van der Waals surface area contributed by atoms with E-state index in [0.717, 1.165) is 0 Å². The van der Waals surface area contributed by atoms with Gasteiger partial charge in [0, 0.05) is 18.5 Å². The number of benzene rings is 1. The lowest BCUT2D eigenvalue weighted by molar-refractivity contribution is -0.137. The summed E-state index contributed by atoms with van der Waals surface area (Å²) in [7, 11) is 0. The molecule has 2 N–H and O–H groups in total. The topological polar surface area (TPSA) is 88.8 Å². The van der Waals surface area contributed by atoms with Gasteiger partial charge < -0.3 is 19.6 Å². The van der Waals surface area contributed by atoms with Crippen molar-refractivity contribution in [1.82, 2.24) is 5.32 Å². The lowest BCUT2D eigenvalue weighted by Crippen LogP contribution is -2.29. The van der Waals surface area contributed by atoms with Crippen LogP contribution < -0.4 is 10.1 Å². The van der Waals surface area contributed by atoms with Gasteiger partial charge in [0.15, 0.2) is 5.76 Å². The van der Waals surface area contributed by atoms with E-state index in [1.807, 2.05) is 30.3 Å². The number of nitrogens with one attached hydrogen (secondary N) is 1. The largest absolute Gasteiger partial charge is 0.489 e. The molecule has 1 amide bonds. The highest BCUT2D eigenvalue weighted by molar-refractivity contribution is 5.92. The van der Waals surface area contributed by atoms with Crippen LogP contribution in [0.3, 0.4) is 0 Å². The molecule has 0 aliphatic heterocycles. The summed E-state index contributed by atoms with van der Waals surface area (Å²) in [6.45, 7) is 2.24. The molecule has 0 aliphatic rings. The summed E-state index contributed by atoms with van der Waals surface area (Å²) in [4.78, 5) is 22.7. The molecule has 0 spiro atoms. The molecule has 0 bridgehead atoms. The number of amides is 1. The van der Waals surface area contributed by atoms with Crippen molar-refractivity contribution < 1.29 is 23.8 Å². The highest BCUT2D eigenvalue weighted by Gasteiger charge is 2.17. The van der Waals surface area contributed by atoms with Crippen molar-refractivity contribution in [2.45, 2.75) is 20.0 Å². The van der Waals surface area contributed by atoms with Crippen molar-refractivity contribution in [1.29, 1.82) is 0 Å². The van der Waals surface area contributed by atoms with Gasteiger partial charge in [0.2, 0.25) is 0 Å². The summed E-state index contributed by atoms with van der Waals surface area (Å²) in [5.41, 5.74) is 0.636. The Morgan fingerprint density at radius 1 is 1.26 bits per heavy atom. The van der Waals surface area contributed by atoms with Gasteiger partial charge in [-0.2, -0.15) is 0 Å². The summed E-state index contributed by atoms with van der Waals surface area (Å²) in [6, 6.07) is 10.9. The molecule has 1 atom stereocenters. The van der Waals surface area contributed by atoms with Crippen LogP contribution in [0.2, 0.25) is 0 Å². The molecular weight excluding hydrogens is 298 g/mol. The SMILES string of the molecule is CC(CNC(=O)c1occc1COc1ccccc1)CC(=O)O. The fourth-order valence-electron chi connectivity index (χ4n) is 2.04. The minimum Gasteiger partial charge on any atom is -0.489 e. The van der Waals surface area contributed by atoms with Gasteiger partial charge in [-0.1, -0.05) is 25.1 Å². The first-order valence-electron chi connectivity index (χ1n) is 7.30. The molecule has 0 aliphatic carbocycles. The van der Waals surface area contributed by atoms with Crippen LogP contribution in [0.15, 0.2) is 47.1 Å². The number of aliphatic carboxylic acids is 1. The second-order valence-electron chi connectivity index (χ2n) is 5.29. The fraction of sp³-hybridized carbons (Fsp3) is 0.294. The van der Waals surface area contributed by atoms with Gasteiger partial charge in [0.05, 0.1) is 6.26 Å². The van der Waals surface area contributed by atoms with Crippen LogP contribution in [0, 0.1) is 5.92 Å². The molecule has 0 fully saturated rings. The Bertz CT molecular complexity index is 650. The van der Waals surface area contributed by atoms with E-state index in [9.17, 15) is 9.59 Å². The fourth-order valence-corrected chi connectivity index (χ4v) is 2.04. The van der Waals surface area contributed by atoms with Crippen LogP contribution in [0.5, 0.6) is 5.75 Å². The smallest absolute Gasteiger partial charge is 0.303 e. The first-order valence-corrected chi connectivity index (χ1v) is 7.30. The van der Waals surface area contributed by atoms with E-state index in [-0.39, 0.29) is 37.2 Å². The molecular formula is C17H19NO5. The normalized spacial score (nSPS) is 11.7. The number of para-hydroxylation sites is 1. The zero-order valence-electron chi connectivity index (χ0n) is 12.8. The van der Waals surface area contributed by atoms with Gasteiger partial charge in [-0.05, 0) is 24.1 Å². The molecule has 6 nitrogen and oxygen atoms in total. The van der Waals surface area contributed by atoms with Gasteiger partial charge in [0.25, 0.3) is 5.91 Å². The molecule has 6 heteroatoms. The average molecular weight is 317 g/mol. The van der Waals surface area contributed by atoms with Crippen LogP contribution in [-0.2, 0) is 11.4 Å². The van der Waals surface area contributed by atoms with Crippen LogP contribution in [0.1, 0.15) is 29.5 Å². The molecule has 1 aromatic carbocycles. The third kappa shape index (κ3) is 5.18. The van der Waals surface area contributed by atoms with Gasteiger partial charge in [-0.25, -0.2) is 0 Å². The predicted octanol–water partition coefficient (Wildman–Crippen LogP) is 2.70. The molecule has 1 heterocycles. The van der Waals surface area contributed by atoms with E-state index >= 15 is 0 Å². The summed E-state index contributed by atoms with van der Waals surface area (Å²) in [5.74, 6) is -0.533. The van der Waals surface area contributed by atoms with E-state index in [1.54, 1.807) is 13.0 Å². The zero-order valence-corrected chi connectivity index (χ0v) is 12.8. The summed E-state index contributed by atoms with van der Waals surface area (Å²) in [5, 5.41) is 11.4. The lowest BCUT2D eigenvalue weighted by Gasteiger charge is -2.10. The van der Waals surface area contributed by atoms with Crippen molar-refractivity contribution in [3.63, 3.8) is 0 Å². The quantitative estimate of drug-likeness (QED) is 0.781. The summed E-state index contributed by atoms with van der Waals surface area (Å²) < 4.78 is 10.8. The zero-order chi connectivity index (χ0) is 16.7. The highest BCUT2D eigenvalue weighted by atomic mass is 16.5. The molecule has 1 unspecified atom stereocenters. The van der Waals surface area contributed by atoms with E-state index < -0.39 is 5.97 Å². The standard InChI is InChI=1S/C17H19NO5/c1-12(9-15(19)20)10-18-17(21)16-13(7-8-22-16)11-23-14-5-3-2-4-6-14/h2-8,12H,9-11H2,1H3,(H,18,21)(H,19,20). The van der Waals surface area contributed by atoms with Gasteiger partial charge >= 0.3 is 5.97 Å². The molecule has 23 heavy (non-hydrogen) atoms. The maximum atomic E-state index is 12.1. The van der Waals surface area contributed by atoms with E-state index in [0.29, 0.717) is 11.3 Å². The number of rotatable bonds is 8. The Morgan fingerprint density at radius 2 is 2.00 bits per heavy atom. The number of carboxylic acids is 1. The molecule has 122 valence electrons. The number of furan rings is 1. The van der Waals surface area contributed by atoms with E-state index in [4.69, 9.17) is 14.3 Å². The van der Waals surface area contributed by atoms with Crippen LogP contribution in [0.25, 0.3) is 0 Å². The van der Waals surface area contributed by atoms with Crippen molar-refractivity contribution in [3.05, 3.63) is 54.0 Å². The Balaban J connectivity index is 1.89. The second-order valence-corrected chi connectivity index (χ2v) is 5.29. The molecule has 2 aromatic rings. The van der Waals surface area contributed by atoms with Crippen molar-refractivity contribution in [2.75, 3.05) is 6.54 Å². The number of hydrogen-bond acceptors (Lipinski definition) is 4. The number of hydrogen-bond donors (Lipinski definition) is 2. The van der Waals surface area contributed by atoms with Crippen molar-refractivity contribution in [3.8, 4) is 5.75 Å². The maximum Gasteiger partial charge on any atom is 0.303 e. The number of carbonyl (C=O) groups is 2. The Morgan fingerprint density at radius 3 is 2.70 bits per heavy atom. The Kier molecular flexibility index (Phi) is 5.80. The van der Waals surface area contributed by atoms with Crippen LogP contribution >= 0.6 is 0 Å². The van der Waals surface area contributed by atoms with Crippen LogP contribution in [-0.4, -0.2) is 23.5 Å². The maximum absolute atomic E-state index is 12.1. The minimum atomic E-state index is -0.887. The minimum absolute atomic E-state index is 0.00239. The Labute approximate surface area is 134 Å². The Hall–Kier alpha value is -2.76. The summed E-state index contributed by atoms with van der Waals surface area (Å²) in [6.07, 6.45) is 1.43. The van der Waals surface area contributed by atoms with E-state index in [1.165, 1.54) is 6.26 Å². The van der Waals surface area contributed by atoms with Gasteiger partial charge in [-0.15, -0.1) is 0 Å². The van der Waals surface area contributed by atoms with Crippen molar-refractivity contribution in [2.24, 2.45) is 5.92 Å². The van der Waals surface area contributed by atoms with Crippen LogP contribution in [0.4, 0.5) is 0 Å². The third-order valence-corrected chi connectivity index (χ3v) is 3.22.